The van der Waals surface area contributed by atoms with E-state index >= 15 is 0 Å². The van der Waals surface area contributed by atoms with Gasteiger partial charge in [0.1, 0.15) is 23.0 Å². The summed E-state index contributed by atoms with van der Waals surface area (Å²) in [6.45, 7) is 2.58. The Balaban J connectivity index is 1.13. The summed E-state index contributed by atoms with van der Waals surface area (Å²) >= 11 is 5.95. The zero-order valence-electron chi connectivity index (χ0n) is 22.8. The van der Waals surface area contributed by atoms with Crippen LogP contribution in [0.1, 0.15) is 16.1 Å². The monoisotopic (exact) mass is 571 g/mol. The van der Waals surface area contributed by atoms with Crippen molar-refractivity contribution in [2.45, 2.75) is 0 Å². The van der Waals surface area contributed by atoms with E-state index in [1.807, 2.05) is 53.4 Å². The highest BCUT2D eigenvalue weighted by molar-refractivity contribution is 6.30. The average Bonchev–Trinajstić information content (AvgIpc) is 3.49. The van der Waals surface area contributed by atoms with Gasteiger partial charge in [-0.1, -0.05) is 11.6 Å². The van der Waals surface area contributed by atoms with E-state index in [0.717, 1.165) is 11.3 Å². The highest BCUT2D eigenvalue weighted by atomic mass is 35.5. The number of hydrogen-bond acceptors (Lipinski definition) is 6. The normalized spacial score (nSPS) is 13.3. The van der Waals surface area contributed by atoms with Gasteiger partial charge in [0, 0.05) is 65.8 Å². The minimum Gasteiger partial charge on any atom is -0.497 e. The number of furan rings is 1. The molecule has 0 saturated carbocycles. The Hall–Kier alpha value is -4.69. The van der Waals surface area contributed by atoms with Crippen LogP contribution in [0.3, 0.4) is 0 Å². The second kappa shape index (κ2) is 12.7. The van der Waals surface area contributed by atoms with Crippen LogP contribution in [0.2, 0.25) is 5.02 Å². The van der Waals surface area contributed by atoms with Crippen LogP contribution in [0.15, 0.2) is 89.4 Å². The first-order chi connectivity index (χ1) is 19.9. The number of amides is 2. The number of carbonyl (C=O) groups excluding carboxylic acids is 2. The number of piperazine rings is 1. The zero-order chi connectivity index (χ0) is 28.8. The molecule has 5 rings (SSSR count). The highest BCUT2D eigenvalue weighted by Crippen LogP contribution is 2.26. The number of nitrogens with one attached hydrogen (secondary N) is 1. The lowest BCUT2D eigenvalue weighted by molar-refractivity contribution is -0.111. The van der Waals surface area contributed by atoms with Gasteiger partial charge in [0.15, 0.2) is 0 Å². The molecule has 1 fully saturated rings. The second-order valence-electron chi connectivity index (χ2n) is 9.46. The van der Waals surface area contributed by atoms with Crippen molar-refractivity contribution in [2.75, 3.05) is 50.6 Å². The molecule has 8 nitrogen and oxygen atoms in total. The van der Waals surface area contributed by atoms with Gasteiger partial charge in [-0.05, 0) is 78.9 Å². The molecule has 4 aromatic rings. The SMILES string of the molecule is COc1cc(OC)cc(C(=O)N2CCN(c3ccc(NC(=O)/C=C/c4ccc(-c5ccc(Cl)cc5)o4)cc3)CC2)c1. The Morgan fingerprint density at radius 2 is 1.51 bits per heavy atom. The Kier molecular flexibility index (Phi) is 8.60. The molecule has 0 atom stereocenters. The number of anilines is 2. The molecule has 2 heterocycles. The Bertz CT molecular complexity index is 1520. The predicted molar refractivity (Wildman–Crippen MR) is 161 cm³/mol. The van der Waals surface area contributed by atoms with Crippen molar-refractivity contribution in [3.05, 3.63) is 101 Å². The van der Waals surface area contributed by atoms with E-state index in [2.05, 4.69) is 10.2 Å². The van der Waals surface area contributed by atoms with Crippen LogP contribution < -0.4 is 19.7 Å². The highest BCUT2D eigenvalue weighted by Gasteiger charge is 2.23. The van der Waals surface area contributed by atoms with E-state index in [4.69, 9.17) is 25.5 Å². The third-order valence-electron chi connectivity index (χ3n) is 6.82. The minimum atomic E-state index is -0.261. The Morgan fingerprint density at radius 3 is 2.15 bits per heavy atom. The van der Waals surface area contributed by atoms with Crippen LogP contribution in [0.4, 0.5) is 11.4 Å². The number of hydrogen-bond donors (Lipinski definition) is 1. The first-order valence-corrected chi connectivity index (χ1v) is 13.5. The van der Waals surface area contributed by atoms with Crippen LogP contribution in [0.5, 0.6) is 11.5 Å². The third kappa shape index (κ3) is 6.91. The molecule has 41 heavy (non-hydrogen) atoms. The van der Waals surface area contributed by atoms with Gasteiger partial charge in [0.2, 0.25) is 5.91 Å². The van der Waals surface area contributed by atoms with Gasteiger partial charge in [0.05, 0.1) is 14.2 Å². The van der Waals surface area contributed by atoms with Crippen LogP contribution in [0, 0.1) is 0 Å². The van der Waals surface area contributed by atoms with E-state index in [0.29, 0.717) is 65.5 Å². The summed E-state index contributed by atoms with van der Waals surface area (Å²) < 4.78 is 16.4. The van der Waals surface area contributed by atoms with E-state index < -0.39 is 0 Å². The summed E-state index contributed by atoms with van der Waals surface area (Å²) in [4.78, 5) is 29.6. The topological polar surface area (TPSA) is 84.3 Å². The first kappa shape index (κ1) is 27.9. The number of halogens is 1. The van der Waals surface area contributed by atoms with Crippen molar-refractivity contribution in [3.8, 4) is 22.8 Å². The van der Waals surface area contributed by atoms with Crippen molar-refractivity contribution >= 4 is 40.9 Å². The Morgan fingerprint density at radius 1 is 0.854 bits per heavy atom. The molecule has 1 aliphatic heterocycles. The quantitative estimate of drug-likeness (QED) is 0.252. The van der Waals surface area contributed by atoms with Gasteiger partial charge in [-0.3, -0.25) is 9.59 Å². The molecule has 210 valence electrons. The van der Waals surface area contributed by atoms with Gasteiger partial charge >= 0.3 is 0 Å². The molecule has 0 aliphatic carbocycles. The van der Waals surface area contributed by atoms with Gasteiger partial charge < -0.3 is 29.0 Å². The maximum absolute atomic E-state index is 13.1. The second-order valence-corrected chi connectivity index (χ2v) is 9.90. The summed E-state index contributed by atoms with van der Waals surface area (Å²) in [5, 5.41) is 3.53. The summed E-state index contributed by atoms with van der Waals surface area (Å²) in [6.07, 6.45) is 3.07. The van der Waals surface area contributed by atoms with Gasteiger partial charge in [0.25, 0.3) is 5.91 Å². The summed E-state index contributed by atoms with van der Waals surface area (Å²) in [6, 6.07) is 23.9. The molecule has 0 radical (unpaired) electrons. The fourth-order valence-corrected chi connectivity index (χ4v) is 4.72. The smallest absolute Gasteiger partial charge is 0.254 e. The number of ether oxygens (including phenoxy) is 2. The lowest BCUT2D eigenvalue weighted by Crippen LogP contribution is -2.48. The molecular formula is C32H30ClN3O5. The van der Waals surface area contributed by atoms with Crippen molar-refractivity contribution in [2.24, 2.45) is 0 Å². The van der Waals surface area contributed by atoms with Crippen LogP contribution in [0.25, 0.3) is 17.4 Å². The molecule has 9 heteroatoms. The van der Waals surface area contributed by atoms with E-state index in [9.17, 15) is 9.59 Å². The number of benzene rings is 3. The Labute approximate surface area is 243 Å². The van der Waals surface area contributed by atoms with Gasteiger partial charge in [-0.25, -0.2) is 0 Å². The summed E-state index contributed by atoms with van der Waals surface area (Å²) in [5.41, 5.74) is 3.16. The molecular weight excluding hydrogens is 542 g/mol. The molecule has 0 bridgehead atoms. The average molecular weight is 572 g/mol. The number of carbonyl (C=O) groups is 2. The first-order valence-electron chi connectivity index (χ1n) is 13.1. The summed E-state index contributed by atoms with van der Waals surface area (Å²) in [5.74, 6) is 2.12. The molecule has 1 aromatic heterocycles. The molecule has 2 amide bonds. The number of methoxy groups -OCH3 is 2. The maximum Gasteiger partial charge on any atom is 0.254 e. The van der Waals surface area contributed by atoms with Crippen molar-refractivity contribution in [1.29, 1.82) is 0 Å². The van der Waals surface area contributed by atoms with Gasteiger partial charge in [-0.2, -0.15) is 0 Å². The van der Waals surface area contributed by atoms with Crippen molar-refractivity contribution < 1.29 is 23.5 Å². The fourth-order valence-electron chi connectivity index (χ4n) is 4.59. The van der Waals surface area contributed by atoms with Crippen LogP contribution in [-0.2, 0) is 4.79 Å². The fraction of sp³-hybridized carbons (Fsp3) is 0.188. The number of nitrogens with zero attached hydrogens (tertiary/aromatic N) is 2. The van der Waals surface area contributed by atoms with Crippen molar-refractivity contribution in [1.82, 2.24) is 4.90 Å². The molecule has 0 unspecified atom stereocenters. The van der Waals surface area contributed by atoms with Gasteiger partial charge in [-0.15, -0.1) is 0 Å². The molecule has 1 aliphatic rings. The van der Waals surface area contributed by atoms with E-state index in [-0.39, 0.29) is 11.8 Å². The predicted octanol–water partition coefficient (Wildman–Crippen LogP) is 6.23. The standard InChI is InChI=1S/C32H30ClN3O5/c1-39-28-19-23(20-29(21-28)40-2)32(38)36-17-15-35(16-18-36)26-9-7-25(8-10-26)34-31(37)14-12-27-11-13-30(41-27)22-3-5-24(33)6-4-22/h3-14,19-21H,15-18H2,1-2H3,(H,34,37)/b14-12+. The molecule has 3 aromatic carbocycles. The molecule has 1 N–H and O–H groups in total. The minimum absolute atomic E-state index is 0.0521. The lowest BCUT2D eigenvalue weighted by Gasteiger charge is -2.36. The van der Waals surface area contributed by atoms with E-state index in [1.165, 1.54) is 6.08 Å². The maximum atomic E-state index is 13.1. The van der Waals surface area contributed by atoms with Crippen LogP contribution >= 0.6 is 11.6 Å². The zero-order valence-corrected chi connectivity index (χ0v) is 23.6. The summed E-state index contributed by atoms with van der Waals surface area (Å²) in [7, 11) is 3.13. The lowest BCUT2D eigenvalue weighted by atomic mass is 10.1. The third-order valence-corrected chi connectivity index (χ3v) is 7.07. The largest absolute Gasteiger partial charge is 0.497 e. The van der Waals surface area contributed by atoms with Crippen molar-refractivity contribution in [3.63, 3.8) is 0 Å². The number of rotatable bonds is 8. The van der Waals surface area contributed by atoms with Crippen LogP contribution in [-0.4, -0.2) is 57.1 Å². The molecule has 0 spiro atoms. The molecule has 1 saturated heterocycles. The van der Waals surface area contributed by atoms with E-state index in [1.54, 1.807) is 50.6 Å².